The molecule has 0 radical (unpaired) electrons. The zero-order valence-electron chi connectivity index (χ0n) is 14.2. The molecule has 1 aromatic rings. The maximum atomic E-state index is 12.2. The van der Waals surface area contributed by atoms with Gasteiger partial charge in [-0.25, -0.2) is 0 Å². The lowest BCUT2D eigenvalue weighted by molar-refractivity contribution is -0.168. The van der Waals surface area contributed by atoms with E-state index < -0.39 is 17.1 Å². The third kappa shape index (κ3) is 4.57. The van der Waals surface area contributed by atoms with E-state index in [9.17, 15) is 9.90 Å². The predicted molar refractivity (Wildman–Crippen MR) is 85.1 cm³/mol. The minimum absolute atomic E-state index is 0.388. The number of carbonyl (C=O) groups excluding carboxylic acids is 1. The molecule has 0 spiro atoms. The van der Waals surface area contributed by atoms with E-state index in [0.717, 1.165) is 5.56 Å². The normalized spacial score (nSPS) is 16.4. The van der Waals surface area contributed by atoms with Crippen LogP contribution in [-0.4, -0.2) is 16.7 Å². The summed E-state index contributed by atoms with van der Waals surface area (Å²) in [6.07, 6.45) is 0. The van der Waals surface area contributed by atoms with Crippen LogP contribution in [0.25, 0.3) is 0 Å². The van der Waals surface area contributed by atoms with Crippen molar-refractivity contribution in [2.75, 3.05) is 0 Å². The van der Waals surface area contributed by atoms with Crippen LogP contribution in [0.3, 0.4) is 0 Å². The van der Waals surface area contributed by atoms with Crippen LogP contribution in [0.1, 0.15) is 65.5 Å². The van der Waals surface area contributed by atoms with Gasteiger partial charge in [0.25, 0.3) is 0 Å². The number of rotatable bonds is 4. The van der Waals surface area contributed by atoms with E-state index in [1.165, 1.54) is 5.56 Å². The van der Waals surface area contributed by atoms with Crippen molar-refractivity contribution < 1.29 is 14.6 Å². The molecule has 1 aromatic carbocycles. The Balaban J connectivity index is 2.95. The van der Waals surface area contributed by atoms with Crippen LogP contribution in [-0.2, 0) is 15.1 Å². The molecule has 0 heterocycles. The molecule has 2 unspecified atom stereocenters. The second kappa shape index (κ2) is 6.18. The smallest absolute Gasteiger partial charge is 0.312 e. The number of ether oxygens (including phenoxy) is 1. The summed E-state index contributed by atoms with van der Waals surface area (Å²) in [5, 5.41) is 10.8. The van der Waals surface area contributed by atoms with Gasteiger partial charge in [-0.1, -0.05) is 38.1 Å². The summed E-state index contributed by atoms with van der Waals surface area (Å²) < 4.78 is 5.37. The van der Waals surface area contributed by atoms with Gasteiger partial charge in [-0.3, -0.25) is 4.79 Å². The number of aliphatic hydroxyl groups is 1. The van der Waals surface area contributed by atoms with Crippen molar-refractivity contribution in [3.8, 4) is 0 Å². The van der Waals surface area contributed by atoms with Gasteiger partial charge in [-0.05, 0) is 51.7 Å². The molecule has 2 atom stereocenters. The molecule has 0 amide bonds. The first-order valence-corrected chi connectivity index (χ1v) is 7.51. The highest BCUT2D eigenvalue weighted by Gasteiger charge is 2.37. The first-order chi connectivity index (χ1) is 9.45. The molecule has 0 aliphatic heterocycles. The van der Waals surface area contributed by atoms with E-state index in [4.69, 9.17) is 4.74 Å². The molecule has 21 heavy (non-hydrogen) atoms. The molecule has 0 aliphatic carbocycles. The molecule has 0 aromatic heterocycles. The Kier molecular flexibility index (Phi) is 5.21. The van der Waals surface area contributed by atoms with Crippen molar-refractivity contribution in [2.24, 2.45) is 5.92 Å². The zero-order valence-corrected chi connectivity index (χ0v) is 14.2. The van der Waals surface area contributed by atoms with Gasteiger partial charge in [0.2, 0.25) is 0 Å². The molecular weight excluding hydrogens is 264 g/mol. The Morgan fingerprint density at radius 3 is 1.90 bits per heavy atom. The molecule has 1 rings (SSSR count). The summed E-state index contributed by atoms with van der Waals surface area (Å²) in [4.78, 5) is 12.2. The van der Waals surface area contributed by atoms with Crippen molar-refractivity contribution in [2.45, 2.75) is 65.6 Å². The summed E-state index contributed by atoms with van der Waals surface area (Å²) in [6.45, 7) is 13.1. The van der Waals surface area contributed by atoms with Crippen LogP contribution in [0.5, 0.6) is 0 Å². The molecule has 3 nitrogen and oxygen atoms in total. The fourth-order valence-electron chi connectivity index (χ4n) is 2.08. The van der Waals surface area contributed by atoms with E-state index in [0.29, 0.717) is 5.92 Å². The van der Waals surface area contributed by atoms with Gasteiger partial charge in [-0.2, -0.15) is 0 Å². The summed E-state index contributed by atoms with van der Waals surface area (Å²) in [7, 11) is 0. The van der Waals surface area contributed by atoms with Crippen molar-refractivity contribution in [3.05, 3.63) is 35.4 Å². The number of hydrogen-bond donors (Lipinski definition) is 1. The van der Waals surface area contributed by atoms with Gasteiger partial charge in [0.05, 0.1) is 11.5 Å². The number of carbonyl (C=O) groups is 1. The second-order valence-electron chi connectivity index (χ2n) is 7.18. The largest absolute Gasteiger partial charge is 0.460 e. The summed E-state index contributed by atoms with van der Waals surface area (Å²) in [5.41, 5.74) is 0.130. The highest BCUT2D eigenvalue weighted by molar-refractivity contribution is 5.74. The van der Waals surface area contributed by atoms with Crippen molar-refractivity contribution in [1.82, 2.24) is 0 Å². The van der Waals surface area contributed by atoms with E-state index in [1.807, 2.05) is 45.0 Å². The minimum Gasteiger partial charge on any atom is -0.460 e. The average molecular weight is 292 g/mol. The molecule has 0 bridgehead atoms. The maximum Gasteiger partial charge on any atom is 0.312 e. The third-order valence-corrected chi connectivity index (χ3v) is 3.77. The van der Waals surface area contributed by atoms with E-state index in [-0.39, 0.29) is 5.97 Å². The van der Waals surface area contributed by atoms with Gasteiger partial charge in [-0.15, -0.1) is 0 Å². The zero-order chi connectivity index (χ0) is 16.4. The fraction of sp³-hybridized carbons (Fsp3) is 0.611. The minimum atomic E-state index is -1.25. The molecule has 0 saturated carbocycles. The Bertz CT molecular complexity index is 478. The first kappa shape index (κ1) is 17.7. The van der Waals surface area contributed by atoms with E-state index in [1.54, 1.807) is 13.8 Å². The van der Waals surface area contributed by atoms with Crippen LogP contribution in [0.15, 0.2) is 24.3 Å². The molecule has 3 heteroatoms. The fourth-order valence-corrected chi connectivity index (χ4v) is 2.08. The summed E-state index contributed by atoms with van der Waals surface area (Å²) >= 11 is 0. The quantitative estimate of drug-likeness (QED) is 0.853. The monoisotopic (exact) mass is 292 g/mol. The number of benzene rings is 1. The topological polar surface area (TPSA) is 46.5 Å². The maximum absolute atomic E-state index is 12.2. The third-order valence-electron chi connectivity index (χ3n) is 3.77. The van der Waals surface area contributed by atoms with Gasteiger partial charge >= 0.3 is 5.97 Å². The van der Waals surface area contributed by atoms with E-state index >= 15 is 0 Å². The Hall–Kier alpha value is -1.35. The van der Waals surface area contributed by atoms with E-state index in [2.05, 4.69) is 13.8 Å². The van der Waals surface area contributed by atoms with Gasteiger partial charge in [0, 0.05) is 0 Å². The lowest BCUT2D eigenvalue weighted by Crippen LogP contribution is -2.39. The molecule has 1 N–H and O–H groups in total. The molecule has 0 saturated heterocycles. The van der Waals surface area contributed by atoms with Gasteiger partial charge in [0.1, 0.15) is 5.60 Å². The van der Waals surface area contributed by atoms with Crippen LogP contribution in [0.4, 0.5) is 0 Å². The Morgan fingerprint density at radius 2 is 1.52 bits per heavy atom. The number of esters is 1. The average Bonchev–Trinajstić information content (AvgIpc) is 2.35. The predicted octanol–water partition coefficient (Wildman–Crippen LogP) is 4.00. The molecule has 0 fully saturated rings. The lowest BCUT2D eigenvalue weighted by Gasteiger charge is -2.32. The second-order valence-corrected chi connectivity index (χ2v) is 7.18. The van der Waals surface area contributed by atoms with Gasteiger partial charge < -0.3 is 9.84 Å². The van der Waals surface area contributed by atoms with Crippen LogP contribution in [0, 0.1) is 5.92 Å². The van der Waals surface area contributed by atoms with Crippen LogP contribution in [0.2, 0.25) is 0 Å². The summed E-state index contributed by atoms with van der Waals surface area (Å²) in [6, 6.07) is 7.76. The van der Waals surface area contributed by atoms with Crippen LogP contribution < -0.4 is 0 Å². The Labute approximate surface area is 128 Å². The van der Waals surface area contributed by atoms with Gasteiger partial charge in [0.15, 0.2) is 0 Å². The molecule has 0 aliphatic rings. The van der Waals surface area contributed by atoms with Crippen molar-refractivity contribution in [3.63, 3.8) is 0 Å². The number of hydrogen-bond acceptors (Lipinski definition) is 3. The molecule has 118 valence electrons. The molecular formula is C18H28O3. The first-order valence-electron chi connectivity index (χ1n) is 7.51. The highest BCUT2D eigenvalue weighted by atomic mass is 16.6. The standard InChI is InChI=1S/C18H28O3/c1-12(2)14-8-10-15(11-9-14)18(7,20)13(3)16(19)21-17(4,5)6/h8-13,20H,1-7H3. The van der Waals surface area contributed by atoms with Crippen LogP contribution >= 0.6 is 0 Å². The highest BCUT2D eigenvalue weighted by Crippen LogP contribution is 2.32. The SMILES string of the molecule is CC(C)c1ccc(C(C)(O)C(C)C(=O)OC(C)(C)C)cc1. The van der Waals surface area contributed by atoms with Crippen molar-refractivity contribution in [1.29, 1.82) is 0 Å². The Morgan fingerprint density at radius 1 is 1.05 bits per heavy atom. The summed E-state index contributed by atoms with van der Waals surface area (Å²) in [5.74, 6) is -0.589. The van der Waals surface area contributed by atoms with Crippen molar-refractivity contribution >= 4 is 5.97 Å². The lowest BCUT2D eigenvalue weighted by atomic mass is 9.83.